The molecule has 1 rings (SSSR count). The summed E-state index contributed by atoms with van der Waals surface area (Å²) in [6.45, 7) is 1.62. The lowest BCUT2D eigenvalue weighted by molar-refractivity contribution is -0.133. The van der Waals surface area contributed by atoms with E-state index in [1.807, 2.05) is 0 Å². The van der Waals surface area contributed by atoms with Gasteiger partial charge in [-0.1, -0.05) is 5.92 Å². The first-order chi connectivity index (χ1) is 6.83. The Morgan fingerprint density at radius 3 is 3.14 bits per heavy atom. The smallest absolute Gasteiger partial charge is 0.384 e. The van der Waals surface area contributed by atoms with Gasteiger partial charge in [0, 0.05) is 12.5 Å². The summed E-state index contributed by atoms with van der Waals surface area (Å²) in [5.74, 6) is 4.30. The van der Waals surface area contributed by atoms with Crippen LogP contribution >= 0.6 is 0 Å². The summed E-state index contributed by atoms with van der Waals surface area (Å²) in [5.41, 5.74) is 0. The van der Waals surface area contributed by atoms with Crippen LogP contribution in [0.5, 0.6) is 0 Å². The summed E-state index contributed by atoms with van der Waals surface area (Å²) >= 11 is 0. The van der Waals surface area contributed by atoms with Gasteiger partial charge in [-0.05, 0) is 12.8 Å². The summed E-state index contributed by atoms with van der Waals surface area (Å²) < 4.78 is 14.9. The number of carbonyl (C=O) groups is 1. The van der Waals surface area contributed by atoms with E-state index in [0.29, 0.717) is 6.61 Å². The molecule has 0 amide bonds. The molecule has 4 heteroatoms. The topological polar surface area (TPSA) is 44.8 Å². The fraction of sp³-hybridized carbons (Fsp3) is 0.700. The zero-order chi connectivity index (χ0) is 10.2. The Hall–Kier alpha value is -1.05. The van der Waals surface area contributed by atoms with Crippen LogP contribution in [0.2, 0.25) is 0 Å². The van der Waals surface area contributed by atoms with Gasteiger partial charge in [-0.2, -0.15) is 0 Å². The molecule has 0 aromatic rings. The Morgan fingerprint density at radius 1 is 1.64 bits per heavy atom. The van der Waals surface area contributed by atoms with Crippen molar-refractivity contribution >= 4 is 5.97 Å². The van der Waals surface area contributed by atoms with E-state index < -0.39 is 5.97 Å². The molecule has 0 spiro atoms. The van der Waals surface area contributed by atoms with E-state index in [1.54, 1.807) is 0 Å². The highest BCUT2D eigenvalue weighted by molar-refractivity contribution is 5.88. The Morgan fingerprint density at radius 2 is 2.50 bits per heavy atom. The lowest BCUT2D eigenvalue weighted by Gasteiger charge is -2.07. The van der Waals surface area contributed by atoms with Crippen molar-refractivity contribution in [2.75, 3.05) is 26.9 Å². The van der Waals surface area contributed by atoms with Crippen LogP contribution in [0.15, 0.2) is 0 Å². The van der Waals surface area contributed by atoms with Gasteiger partial charge in [0.15, 0.2) is 0 Å². The monoisotopic (exact) mass is 198 g/mol. The molecule has 0 unspecified atom stereocenters. The van der Waals surface area contributed by atoms with Crippen molar-refractivity contribution in [3.63, 3.8) is 0 Å². The molecule has 0 aromatic heterocycles. The summed E-state index contributed by atoms with van der Waals surface area (Å²) in [4.78, 5) is 10.6. The second kappa shape index (κ2) is 6.41. The minimum atomic E-state index is -0.536. The molecular weight excluding hydrogens is 184 g/mol. The normalized spacial score (nSPS) is 19.9. The number of rotatable bonds is 3. The predicted molar refractivity (Wildman–Crippen MR) is 49.6 cm³/mol. The van der Waals surface area contributed by atoms with Crippen LogP contribution in [0.3, 0.4) is 0 Å². The molecule has 78 valence electrons. The standard InChI is InChI=1S/C10H14O4/c1-12-10(11)5-3-6-13-8-9-4-2-7-14-9/h9H,2,4,6-8H2,1H3/t9-/m1/s1. The lowest BCUT2D eigenvalue weighted by atomic mass is 10.2. The zero-order valence-corrected chi connectivity index (χ0v) is 8.25. The van der Waals surface area contributed by atoms with Crippen LogP contribution in [0.4, 0.5) is 0 Å². The predicted octanol–water partition coefficient (Wildman–Crippen LogP) is 0.358. The third kappa shape index (κ3) is 4.26. The van der Waals surface area contributed by atoms with Crippen LogP contribution < -0.4 is 0 Å². The molecule has 1 heterocycles. The Bertz CT molecular complexity index is 232. The zero-order valence-electron chi connectivity index (χ0n) is 8.25. The Kier molecular flexibility index (Phi) is 5.05. The lowest BCUT2D eigenvalue weighted by Crippen LogP contribution is -2.14. The van der Waals surface area contributed by atoms with Crippen LogP contribution in [-0.4, -0.2) is 39.0 Å². The molecule has 4 nitrogen and oxygen atoms in total. The second-order valence-electron chi connectivity index (χ2n) is 2.94. The fourth-order valence-corrected chi connectivity index (χ4v) is 1.18. The Balaban J connectivity index is 2.02. The largest absolute Gasteiger partial charge is 0.459 e. The number of hydrogen-bond donors (Lipinski definition) is 0. The summed E-state index contributed by atoms with van der Waals surface area (Å²) in [7, 11) is 1.30. The van der Waals surface area contributed by atoms with Crippen LogP contribution in [0.1, 0.15) is 12.8 Å². The van der Waals surface area contributed by atoms with E-state index in [4.69, 9.17) is 9.47 Å². The van der Waals surface area contributed by atoms with Gasteiger partial charge in [0.1, 0.15) is 6.61 Å². The highest BCUT2D eigenvalue weighted by Gasteiger charge is 2.14. The quantitative estimate of drug-likeness (QED) is 0.284. The maximum Gasteiger partial charge on any atom is 0.384 e. The molecule has 1 saturated heterocycles. The van der Waals surface area contributed by atoms with Crippen molar-refractivity contribution in [3.8, 4) is 11.8 Å². The first-order valence-corrected chi connectivity index (χ1v) is 4.59. The number of carbonyl (C=O) groups excluding carboxylic acids is 1. The molecule has 1 aliphatic heterocycles. The minimum absolute atomic E-state index is 0.204. The number of hydrogen-bond acceptors (Lipinski definition) is 4. The third-order valence-electron chi connectivity index (χ3n) is 1.88. The molecule has 0 bridgehead atoms. The van der Waals surface area contributed by atoms with Crippen molar-refractivity contribution < 1.29 is 19.0 Å². The van der Waals surface area contributed by atoms with E-state index >= 15 is 0 Å². The van der Waals surface area contributed by atoms with Crippen LogP contribution in [-0.2, 0) is 19.0 Å². The number of ether oxygens (including phenoxy) is 3. The molecule has 0 N–H and O–H groups in total. The summed E-state index contributed by atoms with van der Waals surface area (Å²) in [6.07, 6.45) is 2.35. The van der Waals surface area contributed by atoms with Gasteiger partial charge in [-0.3, -0.25) is 0 Å². The maximum absolute atomic E-state index is 10.6. The van der Waals surface area contributed by atoms with E-state index in [0.717, 1.165) is 19.4 Å². The molecule has 14 heavy (non-hydrogen) atoms. The van der Waals surface area contributed by atoms with E-state index in [1.165, 1.54) is 7.11 Å². The van der Waals surface area contributed by atoms with Crippen molar-refractivity contribution in [2.45, 2.75) is 18.9 Å². The first-order valence-electron chi connectivity index (χ1n) is 4.59. The van der Waals surface area contributed by atoms with Gasteiger partial charge in [0.25, 0.3) is 0 Å². The SMILES string of the molecule is COC(=O)C#CCOC[C@H]1CCCO1. The van der Waals surface area contributed by atoms with Gasteiger partial charge < -0.3 is 14.2 Å². The molecule has 0 saturated carbocycles. The second-order valence-corrected chi connectivity index (χ2v) is 2.94. The fourth-order valence-electron chi connectivity index (χ4n) is 1.18. The van der Waals surface area contributed by atoms with E-state index in [-0.39, 0.29) is 12.7 Å². The summed E-state index contributed by atoms with van der Waals surface area (Å²) in [6, 6.07) is 0. The van der Waals surface area contributed by atoms with Gasteiger partial charge in [0.2, 0.25) is 0 Å². The molecule has 1 aliphatic rings. The van der Waals surface area contributed by atoms with E-state index in [2.05, 4.69) is 16.6 Å². The van der Waals surface area contributed by atoms with Crippen molar-refractivity contribution in [3.05, 3.63) is 0 Å². The average molecular weight is 198 g/mol. The third-order valence-corrected chi connectivity index (χ3v) is 1.88. The number of methoxy groups -OCH3 is 1. The van der Waals surface area contributed by atoms with Crippen LogP contribution in [0, 0.1) is 11.8 Å². The molecule has 0 aliphatic carbocycles. The molecular formula is C10H14O4. The van der Waals surface area contributed by atoms with E-state index in [9.17, 15) is 4.79 Å². The Labute approximate surface area is 83.5 Å². The van der Waals surface area contributed by atoms with Gasteiger partial charge >= 0.3 is 5.97 Å². The molecule has 1 fully saturated rings. The first kappa shape index (κ1) is 11.0. The van der Waals surface area contributed by atoms with Crippen LogP contribution in [0.25, 0.3) is 0 Å². The van der Waals surface area contributed by atoms with Gasteiger partial charge in [-0.15, -0.1) is 0 Å². The van der Waals surface area contributed by atoms with Crippen molar-refractivity contribution in [1.82, 2.24) is 0 Å². The van der Waals surface area contributed by atoms with Gasteiger partial charge in [0.05, 0.1) is 19.8 Å². The average Bonchev–Trinajstić information content (AvgIpc) is 2.69. The molecule has 1 atom stereocenters. The highest BCUT2D eigenvalue weighted by Crippen LogP contribution is 2.11. The summed E-state index contributed by atoms with van der Waals surface area (Å²) in [5, 5.41) is 0. The van der Waals surface area contributed by atoms with Crippen molar-refractivity contribution in [1.29, 1.82) is 0 Å². The van der Waals surface area contributed by atoms with Crippen molar-refractivity contribution in [2.24, 2.45) is 0 Å². The molecule has 0 radical (unpaired) electrons. The maximum atomic E-state index is 10.6. The minimum Gasteiger partial charge on any atom is -0.459 e. The number of esters is 1. The molecule has 0 aromatic carbocycles. The van der Waals surface area contributed by atoms with Gasteiger partial charge in [-0.25, -0.2) is 4.79 Å². The highest BCUT2D eigenvalue weighted by atomic mass is 16.5.